The van der Waals surface area contributed by atoms with Gasteiger partial charge in [-0.15, -0.1) is 0 Å². The average molecular weight is 249 g/mol. The first-order valence-corrected chi connectivity index (χ1v) is 6.61. The maximum absolute atomic E-state index is 6.13. The molecule has 100 valence electrons. The van der Waals surface area contributed by atoms with E-state index >= 15 is 0 Å². The first-order chi connectivity index (χ1) is 8.65. The van der Waals surface area contributed by atoms with Gasteiger partial charge in [-0.25, -0.2) is 0 Å². The van der Waals surface area contributed by atoms with Crippen LogP contribution in [0.15, 0.2) is 18.2 Å². The van der Waals surface area contributed by atoms with Crippen LogP contribution < -0.4 is 10.1 Å². The molecule has 2 rings (SSSR count). The van der Waals surface area contributed by atoms with Gasteiger partial charge in [-0.05, 0) is 49.9 Å². The molecule has 0 atom stereocenters. The van der Waals surface area contributed by atoms with Crippen LogP contribution in [0.25, 0.3) is 0 Å². The molecule has 1 aromatic carbocycles. The van der Waals surface area contributed by atoms with Crippen molar-refractivity contribution >= 4 is 0 Å². The average Bonchev–Trinajstić information content (AvgIpc) is 3.10. The number of hydrogen-bond acceptors (Lipinski definition) is 3. The molecule has 0 amide bonds. The normalized spacial score (nSPS) is 16.6. The van der Waals surface area contributed by atoms with E-state index in [1.807, 2.05) is 0 Å². The predicted octanol–water partition coefficient (Wildman–Crippen LogP) is 2.45. The molecular formula is C15H23NO2. The molecule has 18 heavy (non-hydrogen) atoms. The minimum atomic E-state index is 0.0233. The lowest BCUT2D eigenvalue weighted by molar-refractivity contribution is 0.162. The third-order valence-electron chi connectivity index (χ3n) is 3.55. The minimum absolute atomic E-state index is 0.0233. The van der Waals surface area contributed by atoms with Crippen LogP contribution in [0.4, 0.5) is 0 Å². The molecule has 0 heterocycles. The van der Waals surface area contributed by atoms with Crippen molar-refractivity contribution in [3.05, 3.63) is 29.3 Å². The van der Waals surface area contributed by atoms with E-state index in [0.717, 1.165) is 38.3 Å². The van der Waals surface area contributed by atoms with Crippen molar-refractivity contribution in [3.8, 4) is 5.75 Å². The van der Waals surface area contributed by atoms with Crippen LogP contribution in [0.5, 0.6) is 5.75 Å². The Labute approximate surface area is 109 Å². The SMILES string of the molecule is COCCNCC1(Oc2ccc(C)c(C)c2)CC1. The Kier molecular flexibility index (Phi) is 4.25. The summed E-state index contributed by atoms with van der Waals surface area (Å²) >= 11 is 0. The zero-order chi connectivity index (χ0) is 13.0. The molecule has 1 aliphatic carbocycles. The Morgan fingerprint density at radius 3 is 2.61 bits per heavy atom. The number of methoxy groups -OCH3 is 1. The number of ether oxygens (including phenoxy) is 2. The monoisotopic (exact) mass is 249 g/mol. The van der Waals surface area contributed by atoms with Crippen LogP contribution >= 0.6 is 0 Å². The number of rotatable bonds is 7. The van der Waals surface area contributed by atoms with Crippen molar-refractivity contribution in [2.24, 2.45) is 0 Å². The summed E-state index contributed by atoms with van der Waals surface area (Å²) in [6.45, 7) is 6.79. The Hall–Kier alpha value is -1.06. The molecule has 0 aromatic heterocycles. The Morgan fingerprint density at radius 1 is 1.22 bits per heavy atom. The van der Waals surface area contributed by atoms with E-state index < -0.39 is 0 Å². The predicted molar refractivity (Wildman–Crippen MR) is 73.3 cm³/mol. The van der Waals surface area contributed by atoms with E-state index in [2.05, 4.69) is 37.4 Å². The van der Waals surface area contributed by atoms with Gasteiger partial charge < -0.3 is 14.8 Å². The molecule has 0 unspecified atom stereocenters. The minimum Gasteiger partial charge on any atom is -0.486 e. The second-order valence-electron chi connectivity index (χ2n) is 5.20. The van der Waals surface area contributed by atoms with E-state index in [9.17, 15) is 0 Å². The van der Waals surface area contributed by atoms with Crippen LogP contribution in [0.1, 0.15) is 24.0 Å². The molecule has 1 saturated carbocycles. The summed E-state index contributed by atoms with van der Waals surface area (Å²) < 4.78 is 11.1. The number of benzene rings is 1. The van der Waals surface area contributed by atoms with Crippen molar-refractivity contribution in [3.63, 3.8) is 0 Å². The molecule has 1 fully saturated rings. The van der Waals surface area contributed by atoms with E-state index in [-0.39, 0.29) is 5.60 Å². The third kappa shape index (κ3) is 3.47. The van der Waals surface area contributed by atoms with Gasteiger partial charge in [0, 0.05) is 20.2 Å². The van der Waals surface area contributed by atoms with Gasteiger partial charge in [0.15, 0.2) is 0 Å². The maximum Gasteiger partial charge on any atom is 0.122 e. The fraction of sp³-hybridized carbons (Fsp3) is 0.600. The highest BCUT2D eigenvalue weighted by Gasteiger charge is 2.45. The molecule has 0 bridgehead atoms. The molecule has 3 nitrogen and oxygen atoms in total. The number of nitrogens with one attached hydrogen (secondary N) is 1. The van der Waals surface area contributed by atoms with Crippen molar-refractivity contribution in [2.75, 3.05) is 26.8 Å². The first kappa shape index (κ1) is 13.4. The van der Waals surface area contributed by atoms with Crippen LogP contribution in [0, 0.1) is 13.8 Å². The molecule has 0 aliphatic heterocycles. The van der Waals surface area contributed by atoms with Crippen molar-refractivity contribution in [2.45, 2.75) is 32.3 Å². The van der Waals surface area contributed by atoms with Crippen molar-refractivity contribution in [1.29, 1.82) is 0 Å². The lowest BCUT2D eigenvalue weighted by Crippen LogP contribution is -2.35. The molecule has 0 spiro atoms. The van der Waals surface area contributed by atoms with E-state index in [0.29, 0.717) is 0 Å². The maximum atomic E-state index is 6.13. The van der Waals surface area contributed by atoms with Crippen molar-refractivity contribution in [1.82, 2.24) is 5.32 Å². The van der Waals surface area contributed by atoms with Gasteiger partial charge in [-0.3, -0.25) is 0 Å². The van der Waals surface area contributed by atoms with Crippen LogP contribution in [-0.2, 0) is 4.74 Å². The first-order valence-electron chi connectivity index (χ1n) is 6.61. The summed E-state index contributed by atoms with van der Waals surface area (Å²) in [5, 5.41) is 3.39. The Bertz CT molecular complexity index is 399. The topological polar surface area (TPSA) is 30.5 Å². The van der Waals surface area contributed by atoms with E-state index in [1.54, 1.807) is 7.11 Å². The van der Waals surface area contributed by atoms with Gasteiger partial charge in [-0.1, -0.05) is 6.07 Å². The summed E-state index contributed by atoms with van der Waals surface area (Å²) in [6.07, 6.45) is 2.28. The third-order valence-corrected chi connectivity index (χ3v) is 3.55. The van der Waals surface area contributed by atoms with E-state index in [4.69, 9.17) is 9.47 Å². The van der Waals surface area contributed by atoms with Gasteiger partial charge in [0.2, 0.25) is 0 Å². The molecule has 1 aromatic rings. The van der Waals surface area contributed by atoms with E-state index in [1.165, 1.54) is 11.1 Å². The molecule has 0 saturated heterocycles. The lowest BCUT2D eigenvalue weighted by Gasteiger charge is -2.19. The molecule has 1 N–H and O–H groups in total. The summed E-state index contributed by atoms with van der Waals surface area (Å²) in [5.74, 6) is 0.990. The molecule has 3 heteroatoms. The fourth-order valence-electron chi connectivity index (χ4n) is 1.97. The van der Waals surface area contributed by atoms with Crippen LogP contribution in [0.2, 0.25) is 0 Å². The summed E-state index contributed by atoms with van der Waals surface area (Å²) in [4.78, 5) is 0. The molecular weight excluding hydrogens is 226 g/mol. The Morgan fingerprint density at radius 2 is 2.00 bits per heavy atom. The highest BCUT2D eigenvalue weighted by Crippen LogP contribution is 2.39. The largest absolute Gasteiger partial charge is 0.486 e. The Balaban J connectivity index is 1.86. The zero-order valence-corrected chi connectivity index (χ0v) is 11.6. The smallest absolute Gasteiger partial charge is 0.122 e. The molecule has 1 aliphatic rings. The van der Waals surface area contributed by atoms with Crippen molar-refractivity contribution < 1.29 is 9.47 Å². The van der Waals surface area contributed by atoms with Gasteiger partial charge in [0.1, 0.15) is 11.4 Å². The van der Waals surface area contributed by atoms with Crippen LogP contribution in [0.3, 0.4) is 0 Å². The quantitative estimate of drug-likeness (QED) is 0.753. The van der Waals surface area contributed by atoms with Gasteiger partial charge in [-0.2, -0.15) is 0 Å². The van der Waals surface area contributed by atoms with Gasteiger partial charge in [0.25, 0.3) is 0 Å². The summed E-state index contributed by atoms with van der Waals surface area (Å²) in [5.41, 5.74) is 2.62. The fourth-order valence-corrected chi connectivity index (χ4v) is 1.97. The summed E-state index contributed by atoms with van der Waals surface area (Å²) in [7, 11) is 1.72. The number of hydrogen-bond donors (Lipinski definition) is 1. The highest BCUT2D eigenvalue weighted by molar-refractivity contribution is 5.34. The number of aryl methyl sites for hydroxylation is 2. The lowest BCUT2D eigenvalue weighted by atomic mass is 10.1. The van der Waals surface area contributed by atoms with Gasteiger partial charge >= 0.3 is 0 Å². The van der Waals surface area contributed by atoms with Gasteiger partial charge in [0.05, 0.1) is 6.61 Å². The molecule has 0 radical (unpaired) electrons. The zero-order valence-electron chi connectivity index (χ0n) is 11.6. The van der Waals surface area contributed by atoms with Crippen LogP contribution in [-0.4, -0.2) is 32.4 Å². The second kappa shape index (κ2) is 5.72. The second-order valence-corrected chi connectivity index (χ2v) is 5.20. The highest BCUT2D eigenvalue weighted by atomic mass is 16.5. The summed E-state index contributed by atoms with van der Waals surface area (Å²) in [6, 6.07) is 6.32. The standard InChI is InChI=1S/C15H23NO2/c1-12-4-5-14(10-13(12)2)18-15(6-7-15)11-16-8-9-17-3/h4-5,10,16H,6-9,11H2,1-3H3.